The van der Waals surface area contributed by atoms with Crippen molar-refractivity contribution in [1.29, 1.82) is 0 Å². The van der Waals surface area contributed by atoms with Crippen LogP contribution in [0.15, 0.2) is 45.1 Å². The van der Waals surface area contributed by atoms with Crippen molar-refractivity contribution in [1.82, 2.24) is 5.32 Å². The molecule has 1 unspecified atom stereocenters. The lowest BCUT2D eigenvalue weighted by molar-refractivity contribution is -0.126. The lowest BCUT2D eigenvalue weighted by Crippen LogP contribution is -2.32. The first kappa shape index (κ1) is 17.5. The van der Waals surface area contributed by atoms with Gasteiger partial charge in [0.05, 0.1) is 16.2 Å². The van der Waals surface area contributed by atoms with Crippen LogP contribution in [0.2, 0.25) is 0 Å². The molecule has 1 fully saturated rings. The van der Waals surface area contributed by atoms with Crippen LogP contribution in [0.1, 0.15) is 11.3 Å². The minimum absolute atomic E-state index is 0.00548. The van der Waals surface area contributed by atoms with Gasteiger partial charge in [-0.1, -0.05) is 0 Å². The predicted octanol–water partition coefficient (Wildman–Crippen LogP) is 3.90. The van der Waals surface area contributed by atoms with Gasteiger partial charge in [0.1, 0.15) is 0 Å². The lowest BCUT2D eigenvalue weighted by Gasteiger charge is -2.17. The second-order valence-corrected chi connectivity index (χ2v) is 8.95. The van der Waals surface area contributed by atoms with Crippen molar-refractivity contribution in [3.8, 4) is 0 Å². The standard InChI is InChI=1S/C17H17BrN2O2S2/c1-23-13-4-2-12(3-5-13)20-10-11(8-16(20)21)17(22)19-9-14-6-7-15(18)24-14/h2-7,11H,8-10H2,1H3,(H,19,22). The predicted molar refractivity (Wildman–Crippen MR) is 103 cm³/mol. The minimum Gasteiger partial charge on any atom is -0.351 e. The number of benzene rings is 1. The lowest BCUT2D eigenvalue weighted by atomic mass is 10.1. The molecule has 1 N–H and O–H groups in total. The van der Waals surface area contributed by atoms with E-state index >= 15 is 0 Å². The van der Waals surface area contributed by atoms with Crippen molar-refractivity contribution < 1.29 is 9.59 Å². The SMILES string of the molecule is CSc1ccc(N2CC(C(=O)NCc3ccc(Br)s3)CC2=O)cc1. The van der Waals surface area contributed by atoms with Crippen LogP contribution in [0.4, 0.5) is 5.69 Å². The van der Waals surface area contributed by atoms with Crippen molar-refractivity contribution in [2.75, 3.05) is 17.7 Å². The number of hydrogen-bond acceptors (Lipinski definition) is 4. The number of anilines is 1. The molecule has 7 heteroatoms. The topological polar surface area (TPSA) is 49.4 Å². The summed E-state index contributed by atoms with van der Waals surface area (Å²) in [7, 11) is 0. The molecular formula is C17H17BrN2O2S2. The monoisotopic (exact) mass is 424 g/mol. The maximum atomic E-state index is 12.3. The van der Waals surface area contributed by atoms with Crippen LogP contribution in [-0.2, 0) is 16.1 Å². The van der Waals surface area contributed by atoms with Crippen LogP contribution in [0.25, 0.3) is 0 Å². The molecular weight excluding hydrogens is 408 g/mol. The summed E-state index contributed by atoms with van der Waals surface area (Å²) in [5, 5.41) is 2.93. The van der Waals surface area contributed by atoms with Gasteiger partial charge in [-0.05, 0) is 58.6 Å². The molecule has 1 saturated heterocycles. The number of thioether (sulfide) groups is 1. The fourth-order valence-corrected chi connectivity index (χ4v) is 4.49. The summed E-state index contributed by atoms with van der Waals surface area (Å²) in [5.74, 6) is -0.344. The van der Waals surface area contributed by atoms with E-state index in [2.05, 4.69) is 21.2 Å². The van der Waals surface area contributed by atoms with Gasteiger partial charge in [0, 0.05) is 28.4 Å². The first-order valence-electron chi connectivity index (χ1n) is 7.53. The molecule has 1 aliphatic heterocycles. The highest BCUT2D eigenvalue weighted by atomic mass is 79.9. The van der Waals surface area contributed by atoms with Gasteiger partial charge in [-0.25, -0.2) is 0 Å². The second kappa shape index (κ2) is 7.72. The Balaban J connectivity index is 1.59. The highest BCUT2D eigenvalue weighted by Crippen LogP contribution is 2.27. The Morgan fingerprint density at radius 1 is 1.33 bits per heavy atom. The molecule has 1 atom stereocenters. The number of thiophene rings is 1. The van der Waals surface area contributed by atoms with Gasteiger partial charge in [0.2, 0.25) is 11.8 Å². The average molecular weight is 425 g/mol. The van der Waals surface area contributed by atoms with Crippen molar-refractivity contribution >= 4 is 56.5 Å². The van der Waals surface area contributed by atoms with Crippen molar-refractivity contribution in [2.24, 2.45) is 5.92 Å². The molecule has 0 aliphatic carbocycles. The largest absolute Gasteiger partial charge is 0.351 e. The fraction of sp³-hybridized carbons (Fsp3) is 0.294. The number of hydrogen-bond donors (Lipinski definition) is 1. The molecule has 1 aromatic heterocycles. The van der Waals surface area contributed by atoms with E-state index in [1.54, 1.807) is 28.0 Å². The number of nitrogens with one attached hydrogen (secondary N) is 1. The van der Waals surface area contributed by atoms with Crippen molar-refractivity contribution in [2.45, 2.75) is 17.9 Å². The smallest absolute Gasteiger partial charge is 0.227 e. The van der Waals surface area contributed by atoms with Gasteiger partial charge < -0.3 is 10.2 Å². The van der Waals surface area contributed by atoms with Crippen molar-refractivity contribution in [3.05, 3.63) is 45.1 Å². The Hall–Kier alpha value is -1.31. The van der Waals surface area contributed by atoms with E-state index < -0.39 is 0 Å². The summed E-state index contributed by atoms with van der Waals surface area (Å²) in [6.07, 6.45) is 2.28. The number of halogens is 1. The van der Waals surface area contributed by atoms with E-state index in [9.17, 15) is 9.59 Å². The average Bonchev–Trinajstić information content (AvgIpc) is 3.18. The molecule has 0 bridgehead atoms. The summed E-state index contributed by atoms with van der Waals surface area (Å²) in [4.78, 5) is 28.6. The van der Waals surface area contributed by atoms with E-state index in [0.29, 0.717) is 13.1 Å². The van der Waals surface area contributed by atoms with Crippen LogP contribution in [0.3, 0.4) is 0 Å². The first-order valence-corrected chi connectivity index (χ1v) is 10.4. The minimum atomic E-state index is -0.291. The molecule has 2 amide bonds. The number of rotatable bonds is 5. The van der Waals surface area contributed by atoms with Crippen LogP contribution < -0.4 is 10.2 Å². The second-order valence-electron chi connectivity index (χ2n) is 5.53. The van der Waals surface area contributed by atoms with Gasteiger partial charge in [0.25, 0.3) is 0 Å². The summed E-state index contributed by atoms with van der Waals surface area (Å²) in [6, 6.07) is 11.8. The zero-order chi connectivity index (χ0) is 17.1. The number of nitrogens with zero attached hydrogens (tertiary/aromatic N) is 1. The third-order valence-corrected chi connectivity index (χ3v) is 6.31. The maximum Gasteiger partial charge on any atom is 0.227 e. The Morgan fingerprint density at radius 3 is 2.71 bits per heavy atom. The normalized spacial score (nSPS) is 17.3. The number of carbonyl (C=O) groups excluding carboxylic acids is 2. The van der Waals surface area contributed by atoms with Crippen LogP contribution in [0.5, 0.6) is 0 Å². The zero-order valence-corrected chi connectivity index (χ0v) is 16.3. The summed E-state index contributed by atoms with van der Waals surface area (Å²) >= 11 is 6.67. The van der Waals surface area contributed by atoms with Crippen LogP contribution in [0, 0.1) is 5.92 Å². The van der Waals surface area contributed by atoms with Crippen molar-refractivity contribution in [3.63, 3.8) is 0 Å². The molecule has 2 heterocycles. The molecule has 4 nitrogen and oxygen atoms in total. The van der Waals surface area contributed by atoms with Gasteiger partial charge in [-0.2, -0.15) is 0 Å². The van der Waals surface area contributed by atoms with E-state index in [-0.39, 0.29) is 24.2 Å². The van der Waals surface area contributed by atoms with Crippen LogP contribution >= 0.6 is 39.0 Å². The van der Waals surface area contributed by atoms with E-state index in [1.165, 1.54) is 0 Å². The third kappa shape index (κ3) is 4.02. The Kier molecular flexibility index (Phi) is 5.63. The number of carbonyl (C=O) groups is 2. The molecule has 3 rings (SSSR count). The molecule has 0 saturated carbocycles. The molecule has 24 heavy (non-hydrogen) atoms. The Bertz CT molecular complexity index is 745. The Morgan fingerprint density at radius 2 is 2.08 bits per heavy atom. The molecule has 1 aliphatic rings. The quantitative estimate of drug-likeness (QED) is 0.740. The summed E-state index contributed by atoms with van der Waals surface area (Å²) in [5.41, 5.74) is 0.857. The molecule has 1 aromatic carbocycles. The fourth-order valence-electron chi connectivity index (χ4n) is 2.66. The number of amides is 2. The van der Waals surface area contributed by atoms with Gasteiger partial charge in [0.15, 0.2) is 0 Å². The molecule has 2 aromatic rings. The van der Waals surface area contributed by atoms with E-state index in [0.717, 1.165) is 19.2 Å². The molecule has 0 radical (unpaired) electrons. The zero-order valence-electron chi connectivity index (χ0n) is 13.1. The molecule has 126 valence electrons. The summed E-state index contributed by atoms with van der Waals surface area (Å²) in [6.45, 7) is 0.944. The maximum absolute atomic E-state index is 12.3. The van der Waals surface area contributed by atoms with Gasteiger partial charge in [-0.15, -0.1) is 23.1 Å². The summed E-state index contributed by atoms with van der Waals surface area (Å²) < 4.78 is 1.04. The highest BCUT2D eigenvalue weighted by molar-refractivity contribution is 9.11. The van der Waals surface area contributed by atoms with E-state index in [1.807, 2.05) is 42.7 Å². The van der Waals surface area contributed by atoms with Gasteiger partial charge in [-0.3, -0.25) is 9.59 Å². The van der Waals surface area contributed by atoms with Crippen LogP contribution in [-0.4, -0.2) is 24.6 Å². The first-order chi connectivity index (χ1) is 11.6. The van der Waals surface area contributed by atoms with Gasteiger partial charge >= 0.3 is 0 Å². The Labute approximate surface area is 157 Å². The molecule has 0 spiro atoms. The highest BCUT2D eigenvalue weighted by Gasteiger charge is 2.34. The third-order valence-electron chi connectivity index (χ3n) is 3.95. The van der Waals surface area contributed by atoms with E-state index in [4.69, 9.17) is 0 Å².